The summed E-state index contributed by atoms with van der Waals surface area (Å²) in [6.07, 6.45) is 6.96. The van der Waals surface area contributed by atoms with Crippen LogP contribution >= 0.6 is 15.9 Å². The van der Waals surface area contributed by atoms with Crippen LogP contribution in [0.3, 0.4) is 0 Å². The van der Waals surface area contributed by atoms with Crippen molar-refractivity contribution in [2.75, 3.05) is 13.2 Å². The van der Waals surface area contributed by atoms with Gasteiger partial charge in [-0.2, -0.15) is 5.10 Å². The number of hydrogen-bond acceptors (Lipinski definition) is 3. The normalized spacial score (nSPS) is 21.4. The largest absolute Gasteiger partial charge is 0.378 e. The Hall–Kier alpha value is -0.390. The molecule has 2 rings (SSSR count). The second-order valence-electron chi connectivity index (χ2n) is 5.75. The second kappa shape index (κ2) is 7.57. The first-order valence-electron chi connectivity index (χ1n) is 7.71. The molecule has 1 aliphatic heterocycles. The summed E-state index contributed by atoms with van der Waals surface area (Å²) in [5.41, 5.74) is 1.25. The van der Waals surface area contributed by atoms with Gasteiger partial charge in [0, 0.05) is 12.6 Å². The van der Waals surface area contributed by atoms with Crippen molar-refractivity contribution in [1.29, 1.82) is 0 Å². The highest BCUT2D eigenvalue weighted by Gasteiger charge is 2.25. The molecule has 1 fully saturated rings. The Morgan fingerprint density at radius 2 is 2.30 bits per heavy atom. The summed E-state index contributed by atoms with van der Waals surface area (Å²) in [6.45, 7) is 8.35. The van der Waals surface area contributed by atoms with E-state index in [2.05, 4.69) is 51.8 Å². The molecular formula is C15H26BrN3O. The van der Waals surface area contributed by atoms with E-state index >= 15 is 0 Å². The Labute approximate surface area is 130 Å². The van der Waals surface area contributed by atoms with Crippen LogP contribution in [0.1, 0.15) is 64.2 Å². The van der Waals surface area contributed by atoms with E-state index in [9.17, 15) is 0 Å². The van der Waals surface area contributed by atoms with Crippen molar-refractivity contribution in [3.63, 3.8) is 0 Å². The Bertz CT molecular complexity index is 413. The summed E-state index contributed by atoms with van der Waals surface area (Å²) >= 11 is 3.66. The summed E-state index contributed by atoms with van der Waals surface area (Å²) in [4.78, 5) is 0. The van der Waals surface area contributed by atoms with Gasteiger partial charge in [0.15, 0.2) is 0 Å². The lowest BCUT2D eigenvalue weighted by Gasteiger charge is -2.28. The van der Waals surface area contributed by atoms with E-state index < -0.39 is 0 Å². The Morgan fingerprint density at radius 1 is 1.50 bits per heavy atom. The lowest BCUT2D eigenvalue weighted by atomic mass is 9.99. The average Bonchev–Trinajstić information content (AvgIpc) is 2.81. The third-order valence-corrected chi connectivity index (χ3v) is 4.44. The maximum absolute atomic E-state index is 5.91. The fourth-order valence-corrected chi connectivity index (χ4v) is 3.43. The fraction of sp³-hybridized carbons (Fsp3) is 0.800. The number of nitrogens with zero attached hydrogens (tertiary/aromatic N) is 2. The maximum Gasteiger partial charge on any atom is 0.0699 e. The first-order chi connectivity index (χ1) is 9.63. The van der Waals surface area contributed by atoms with Crippen LogP contribution in [-0.2, 0) is 4.74 Å². The molecule has 0 aliphatic carbocycles. The van der Waals surface area contributed by atoms with Crippen molar-refractivity contribution >= 4 is 15.9 Å². The molecule has 0 bridgehead atoms. The number of hydrogen-bond donors (Lipinski definition) is 1. The van der Waals surface area contributed by atoms with Gasteiger partial charge in [-0.1, -0.05) is 6.92 Å². The van der Waals surface area contributed by atoms with Gasteiger partial charge in [-0.15, -0.1) is 0 Å². The van der Waals surface area contributed by atoms with Crippen LogP contribution in [0.4, 0.5) is 0 Å². The quantitative estimate of drug-likeness (QED) is 0.852. The summed E-state index contributed by atoms with van der Waals surface area (Å²) in [5.74, 6) is 0. The Morgan fingerprint density at radius 3 is 2.90 bits per heavy atom. The van der Waals surface area contributed by atoms with Crippen molar-refractivity contribution < 1.29 is 4.74 Å². The number of aromatic nitrogens is 2. The van der Waals surface area contributed by atoms with Crippen LogP contribution in [0.2, 0.25) is 0 Å². The number of ether oxygens (including phenoxy) is 1. The number of rotatable bonds is 6. The topological polar surface area (TPSA) is 39.1 Å². The van der Waals surface area contributed by atoms with Gasteiger partial charge < -0.3 is 10.1 Å². The van der Waals surface area contributed by atoms with Gasteiger partial charge in [0.2, 0.25) is 0 Å². The standard InChI is InChI=1S/C15H26BrN3O/c1-4-17-14(9-12-7-5-6-8-20-12)15-13(16)10-18-19(15)11(2)3/h10-12,14,17H,4-9H2,1-3H3. The summed E-state index contributed by atoms with van der Waals surface area (Å²) in [5, 5.41) is 8.10. The van der Waals surface area contributed by atoms with Gasteiger partial charge in [-0.25, -0.2) is 0 Å². The van der Waals surface area contributed by atoms with Gasteiger partial charge in [-0.05, 0) is 62.0 Å². The zero-order valence-corrected chi connectivity index (χ0v) is 14.3. The van der Waals surface area contributed by atoms with Crippen LogP contribution in [0.5, 0.6) is 0 Å². The van der Waals surface area contributed by atoms with E-state index in [1.807, 2.05) is 6.20 Å². The molecule has 0 aromatic carbocycles. The van der Waals surface area contributed by atoms with Crippen molar-refractivity contribution in [1.82, 2.24) is 15.1 Å². The third-order valence-electron chi connectivity index (χ3n) is 3.83. The first-order valence-corrected chi connectivity index (χ1v) is 8.50. The van der Waals surface area contributed by atoms with Crippen LogP contribution < -0.4 is 5.32 Å². The highest BCUT2D eigenvalue weighted by Crippen LogP contribution is 2.31. The van der Waals surface area contributed by atoms with Crippen LogP contribution in [0.15, 0.2) is 10.7 Å². The van der Waals surface area contributed by atoms with Gasteiger partial charge in [-0.3, -0.25) is 4.68 Å². The molecule has 2 unspecified atom stereocenters. The fourth-order valence-electron chi connectivity index (χ4n) is 2.88. The molecular weight excluding hydrogens is 318 g/mol. The SMILES string of the molecule is CCNC(CC1CCCCO1)c1c(Br)cnn1C(C)C. The minimum absolute atomic E-state index is 0.294. The van der Waals surface area contributed by atoms with Crippen LogP contribution in [0, 0.1) is 0 Å². The minimum Gasteiger partial charge on any atom is -0.378 e. The van der Waals surface area contributed by atoms with E-state index in [1.165, 1.54) is 25.0 Å². The van der Waals surface area contributed by atoms with E-state index in [0.717, 1.165) is 24.0 Å². The zero-order valence-electron chi connectivity index (χ0n) is 12.7. The van der Waals surface area contributed by atoms with Crippen LogP contribution in [0.25, 0.3) is 0 Å². The molecule has 1 N–H and O–H groups in total. The molecule has 1 aromatic heterocycles. The maximum atomic E-state index is 5.91. The molecule has 1 aliphatic rings. The molecule has 1 aromatic rings. The lowest BCUT2D eigenvalue weighted by Crippen LogP contribution is -2.31. The highest BCUT2D eigenvalue weighted by atomic mass is 79.9. The Kier molecular flexibility index (Phi) is 6.05. The predicted molar refractivity (Wildman–Crippen MR) is 84.9 cm³/mol. The second-order valence-corrected chi connectivity index (χ2v) is 6.60. The molecule has 0 radical (unpaired) electrons. The minimum atomic E-state index is 0.294. The van der Waals surface area contributed by atoms with Crippen molar-refractivity contribution in [3.8, 4) is 0 Å². The number of nitrogens with one attached hydrogen (secondary N) is 1. The molecule has 0 amide bonds. The van der Waals surface area contributed by atoms with E-state index in [-0.39, 0.29) is 0 Å². The zero-order chi connectivity index (χ0) is 14.5. The van der Waals surface area contributed by atoms with E-state index in [0.29, 0.717) is 18.2 Å². The van der Waals surface area contributed by atoms with Crippen molar-refractivity contribution in [2.45, 2.75) is 64.6 Å². The summed E-state index contributed by atoms with van der Waals surface area (Å²) in [7, 11) is 0. The highest BCUT2D eigenvalue weighted by molar-refractivity contribution is 9.10. The molecule has 4 nitrogen and oxygen atoms in total. The monoisotopic (exact) mass is 343 g/mol. The Balaban J connectivity index is 2.16. The first kappa shape index (κ1) is 16.0. The van der Waals surface area contributed by atoms with Crippen LogP contribution in [-0.4, -0.2) is 29.0 Å². The molecule has 2 heterocycles. The van der Waals surface area contributed by atoms with E-state index in [4.69, 9.17) is 4.74 Å². The predicted octanol–water partition coefficient (Wildman–Crippen LogP) is 3.84. The van der Waals surface area contributed by atoms with Gasteiger partial charge in [0.25, 0.3) is 0 Å². The molecule has 114 valence electrons. The summed E-state index contributed by atoms with van der Waals surface area (Å²) < 4.78 is 9.11. The third kappa shape index (κ3) is 3.83. The summed E-state index contributed by atoms with van der Waals surface area (Å²) in [6, 6.07) is 0.659. The van der Waals surface area contributed by atoms with Gasteiger partial charge in [0.1, 0.15) is 0 Å². The van der Waals surface area contributed by atoms with Crippen molar-refractivity contribution in [3.05, 3.63) is 16.4 Å². The van der Waals surface area contributed by atoms with Gasteiger partial charge >= 0.3 is 0 Å². The molecule has 0 saturated carbocycles. The molecule has 0 spiro atoms. The van der Waals surface area contributed by atoms with E-state index in [1.54, 1.807) is 0 Å². The molecule has 20 heavy (non-hydrogen) atoms. The lowest BCUT2D eigenvalue weighted by molar-refractivity contribution is 0.00451. The molecule has 1 saturated heterocycles. The molecule has 2 atom stereocenters. The van der Waals surface area contributed by atoms with Gasteiger partial charge in [0.05, 0.1) is 28.5 Å². The number of halogens is 1. The average molecular weight is 344 g/mol. The van der Waals surface area contributed by atoms with Crippen molar-refractivity contribution in [2.24, 2.45) is 0 Å². The smallest absolute Gasteiger partial charge is 0.0699 e. The molecule has 5 heteroatoms.